The van der Waals surface area contributed by atoms with Crippen LogP contribution in [0.2, 0.25) is 0 Å². The lowest BCUT2D eigenvalue weighted by molar-refractivity contribution is -0.0191. The van der Waals surface area contributed by atoms with Gasteiger partial charge in [-0.15, -0.1) is 0 Å². The maximum atomic E-state index is 11.1. The normalized spacial score (nSPS) is 47.4. The van der Waals surface area contributed by atoms with E-state index >= 15 is 0 Å². The van der Waals surface area contributed by atoms with E-state index in [1.807, 2.05) is 0 Å². The van der Waals surface area contributed by atoms with Gasteiger partial charge in [0, 0.05) is 36.9 Å². The maximum absolute atomic E-state index is 11.1. The summed E-state index contributed by atoms with van der Waals surface area (Å²) in [5.74, 6) is -6.65. The van der Waals surface area contributed by atoms with Crippen molar-refractivity contribution in [2.24, 2.45) is 11.8 Å². The highest BCUT2D eigenvalue weighted by Crippen LogP contribution is 2.43. The van der Waals surface area contributed by atoms with Gasteiger partial charge in [0.1, 0.15) is 0 Å². The molecule has 1 fully saturated rings. The fraction of sp³-hybridized carbons (Fsp3) is 0.684. The third-order valence-corrected chi connectivity index (χ3v) is 3.85. The minimum atomic E-state index is -3.80. The molecular formula is C19H29NO3. The van der Waals surface area contributed by atoms with Gasteiger partial charge in [0.25, 0.3) is 0 Å². The molecule has 3 atom stereocenters. The molecule has 2 aliphatic rings. The second kappa shape index (κ2) is 6.70. The van der Waals surface area contributed by atoms with Gasteiger partial charge in [-0.05, 0) is 54.2 Å². The number of methoxy groups -OCH3 is 2. The van der Waals surface area contributed by atoms with Crippen LogP contribution in [0.1, 0.15) is 65.6 Å². The van der Waals surface area contributed by atoms with Gasteiger partial charge in [-0.25, -0.2) is 0 Å². The third-order valence-electron chi connectivity index (χ3n) is 3.85. The van der Waals surface area contributed by atoms with E-state index in [0.29, 0.717) is 4.90 Å². The third kappa shape index (κ3) is 3.20. The number of ether oxygens (including phenoxy) is 2. The predicted octanol–water partition coefficient (Wildman–Crippen LogP) is 3.03. The van der Waals surface area contributed by atoms with E-state index in [2.05, 4.69) is 0 Å². The fourth-order valence-electron chi connectivity index (χ4n) is 2.74. The number of benzene rings is 1. The molecule has 0 amide bonds. The van der Waals surface area contributed by atoms with E-state index < -0.39 is 98.8 Å². The molecule has 0 bridgehead atoms. The molecule has 128 valence electrons. The minimum absolute atomic E-state index is 0.368. The second-order valence-corrected chi connectivity index (χ2v) is 5.26. The molecule has 0 aliphatic carbocycles. The molecular weight excluding hydrogens is 290 g/mol. The number of fused-ring (bicyclic) bond motifs is 3. The molecule has 1 N–H and O–H groups in total. The van der Waals surface area contributed by atoms with Crippen LogP contribution in [0.3, 0.4) is 0 Å². The summed E-state index contributed by atoms with van der Waals surface area (Å²) in [5, 5.41) is 11.1. The SMILES string of the molecule is [2H]c1c(OC)c(OC)c([2H])c2c1C1([2H])CC(O)C(C([2H])([2H])C([2H])(C([2H])([2H])[2H])C([2H])([2H])[2H])CN1C([2H])([2H])C2([2H])[2H]. The van der Waals surface area contributed by atoms with Crippen LogP contribution >= 0.6 is 0 Å². The summed E-state index contributed by atoms with van der Waals surface area (Å²) in [6, 6.07) is -3.87. The topological polar surface area (TPSA) is 41.9 Å². The Morgan fingerprint density at radius 3 is 2.96 bits per heavy atom. The van der Waals surface area contributed by atoms with Crippen molar-refractivity contribution in [3.8, 4) is 11.5 Å². The molecule has 23 heavy (non-hydrogen) atoms. The summed E-state index contributed by atoms with van der Waals surface area (Å²) < 4.78 is 143. The number of rotatable bonds is 4. The Morgan fingerprint density at radius 1 is 1.52 bits per heavy atom. The molecule has 0 radical (unpaired) electrons. The van der Waals surface area contributed by atoms with Crippen molar-refractivity contribution in [3.63, 3.8) is 0 Å². The van der Waals surface area contributed by atoms with Crippen LogP contribution in [0.25, 0.3) is 0 Å². The van der Waals surface area contributed by atoms with Crippen LogP contribution in [0.5, 0.6) is 11.5 Å². The lowest BCUT2D eigenvalue weighted by atomic mass is 9.79. The lowest BCUT2D eigenvalue weighted by Crippen LogP contribution is -2.48. The smallest absolute Gasteiger partial charge is 0.161 e. The molecule has 1 aromatic rings. The Labute approximate surface area is 161 Å². The minimum Gasteiger partial charge on any atom is -0.493 e. The molecule has 0 aromatic heterocycles. The van der Waals surface area contributed by atoms with E-state index in [9.17, 15) is 6.48 Å². The van der Waals surface area contributed by atoms with Gasteiger partial charge in [0.05, 0.1) is 24.4 Å². The number of aliphatic hydroxyl groups excluding tert-OH is 1. The zero-order chi connectivity index (χ0) is 30.5. The van der Waals surface area contributed by atoms with Gasteiger partial charge < -0.3 is 14.6 Å². The van der Waals surface area contributed by atoms with Gasteiger partial charge in [-0.1, -0.05) is 13.7 Å². The van der Waals surface area contributed by atoms with Crippen LogP contribution in [-0.2, 0) is 6.37 Å². The Balaban J connectivity index is 2.35. The van der Waals surface area contributed by atoms with Gasteiger partial charge in [0.2, 0.25) is 0 Å². The number of hydrogen-bond acceptors (Lipinski definition) is 4. The van der Waals surface area contributed by atoms with E-state index in [0.717, 1.165) is 14.2 Å². The molecule has 0 spiro atoms. The molecule has 2 heterocycles. The van der Waals surface area contributed by atoms with Crippen molar-refractivity contribution in [1.82, 2.24) is 4.90 Å². The average molecular weight is 336 g/mol. The Morgan fingerprint density at radius 2 is 2.26 bits per heavy atom. The summed E-state index contributed by atoms with van der Waals surface area (Å²) >= 11 is 0. The van der Waals surface area contributed by atoms with E-state index in [-0.39, 0.29) is 5.75 Å². The summed E-state index contributed by atoms with van der Waals surface area (Å²) in [6.45, 7) is -11.8. The Hall–Kier alpha value is -1.26. The van der Waals surface area contributed by atoms with Crippen molar-refractivity contribution < 1.29 is 36.5 Å². The first-order valence-electron chi connectivity index (χ1n) is 15.0. The summed E-state index contributed by atoms with van der Waals surface area (Å²) in [5.41, 5.74) is -1.26. The van der Waals surface area contributed by atoms with Crippen LogP contribution < -0.4 is 9.47 Å². The highest BCUT2D eigenvalue weighted by Gasteiger charge is 2.38. The van der Waals surface area contributed by atoms with Gasteiger partial charge in [0.15, 0.2) is 11.5 Å². The number of aliphatic hydroxyl groups is 1. The van der Waals surface area contributed by atoms with Gasteiger partial charge in [-0.2, -0.15) is 0 Å². The van der Waals surface area contributed by atoms with Crippen molar-refractivity contribution >= 4 is 0 Å². The first kappa shape index (κ1) is 5.92. The molecule has 2 aliphatic heterocycles. The van der Waals surface area contributed by atoms with Gasteiger partial charge >= 0.3 is 0 Å². The fourth-order valence-corrected chi connectivity index (χ4v) is 2.74. The first-order valence-corrected chi connectivity index (χ1v) is 7.04. The van der Waals surface area contributed by atoms with Crippen molar-refractivity contribution in [3.05, 3.63) is 23.2 Å². The maximum Gasteiger partial charge on any atom is 0.161 e. The van der Waals surface area contributed by atoms with Crippen molar-refractivity contribution in [2.75, 3.05) is 27.3 Å². The molecule has 3 rings (SSSR count). The highest BCUT2D eigenvalue weighted by molar-refractivity contribution is 5.49. The molecule has 1 saturated heterocycles. The first-order chi connectivity index (χ1) is 17.3. The molecule has 3 unspecified atom stereocenters. The monoisotopic (exact) mass is 335 g/mol. The second-order valence-electron chi connectivity index (χ2n) is 5.26. The average Bonchev–Trinajstić information content (AvgIpc) is 2.75. The Bertz CT molecular complexity index is 1140. The molecule has 4 heteroatoms. The van der Waals surface area contributed by atoms with Crippen LogP contribution in [0.15, 0.2) is 12.1 Å². The number of nitrogens with zero attached hydrogens (tertiary/aromatic N) is 1. The van der Waals surface area contributed by atoms with E-state index in [1.54, 1.807) is 0 Å². The van der Waals surface area contributed by atoms with Crippen LogP contribution in [-0.4, -0.2) is 43.4 Å². The van der Waals surface area contributed by atoms with Crippen LogP contribution in [0, 0.1) is 11.8 Å². The Kier molecular flexibility index (Phi) is 1.72. The van der Waals surface area contributed by atoms with Gasteiger partial charge in [-0.3, -0.25) is 4.90 Å². The van der Waals surface area contributed by atoms with Crippen LogP contribution in [0.4, 0.5) is 0 Å². The number of hydrogen-bond donors (Lipinski definition) is 1. The molecule has 0 saturated carbocycles. The quantitative estimate of drug-likeness (QED) is 0.918. The molecule has 1 aromatic carbocycles. The summed E-state index contributed by atoms with van der Waals surface area (Å²) in [6.07, 6.45) is -9.68. The number of piperidine rings is 1. The predicted molar refractivity (Wildman–Crippen MR) is 91.1 cm³/mol. The lowest BCUT2D eigenvalue weighted by Gasteiger charge is -2.46. The zero-order valence-electron chi connectivity index (χ0n) is 28.8. The standard InChI is InChI=1S/C19H29NO3/c1-12(2)7-14-11-20-6-5-13-8-18(22-3)19(23-4)9-15(13)16(20)10-17(14)21/h8-9,12,14,16-17,21H,5-7,10-11H2,1-4H3/i1D3,2D3,5D2,6D2,7D2,8D,9D,12D,16D. The zero-order valence-corrected chi connectivity index (χ0v) is 12.8. The summed E-state index contributed by atoms with van der Waals surface area (Å²) in [7, 11) is 2.25. The summed E-state index contributed by atoms with van der Waals surface area (Å²) in [4.78, 5) is 0.487. The van der Waals surface area contributed by atoms with E-state index in [1.165, 1.54) is 0 Å². The molecule has 4 nitrogen and oxygen atoms in total. The highest BCUT2D eigenvalue weighted by atomic mass is 16.5. The largest absolute Gasteiger partial charge is 0.493 e. The van der Waals surface area contributed by atoms with E-state index in [4.69, 9.17) is 30.0 Å². The van der Waals surface area contributed by atoms with Crippen molar-refractivity contribution in [2.45, 2.75) is 45.0 Å². The van der Waals surface area contributed by atoms with Crippen molar-refractivity contribution in [1.29, 1.82) is 0 Å².